The van der Waals surface area contributed by atoms with Crippen molar-refractivity contribution in [3.63, 3.8) is 0 Å². The molecule has 1 saturated heterocycles. The summed E-state index contributed by atoms with van der Waals surface area (Å²) in [6.45, 7) is 1.01. The molecule has 3 aromatic rings. The summed E-state index contributed by atoms with van der Waals surface area (Å²) in [6, 6.07) is 27.3. The van der Waals surface area contributed by atoms with Gasteiger partial charge >= 0.3 is 0 Å². The molecular weight excluding hydrogens is 376 g/mol. The number of phenols is 1. The lowest BCUT2D eigenvalue weighted by Crippen LogP contribution is -2.17. The summed E-state index contributed by atoms with van der Waals surface area (Å²) >= 11 is 0. The smallest absolute Gasteiger partial charge is 0.223 e. The molecule has 0 bridgehead atoms. The highest BCUT2D eigenvalue weighted by atomic mass is 16.5. The molecule has 0 aliphatic carbocycles. The standard InChI is InChI=1S/C25H22N2O3/c28-20-13-11-19(12-14-20)23(24-26-21(15-29-24)17-7-3-1-4-8-17)25-27-22(16-30-25)18-9-5-2-6-10-18/h1-14,21-22,26,28H,15-16H2/b24-23-/t21-,22-/m0/s1. The van der Waals surface area contributed by atoms with E-state index in [1.807, 2.05) is 48.5 Å². The molecule has 1 fully saturated rings. The van der Waals surface area contributed by atoms with Gasteiger partial charge in [-0.2, -0.15) is 0 Å². The van der Waals surface area contributed by atoms with Gasteiger partial charge in [-0.25, -0.2) is 4.99 Å². The van der Waals surface area contributed by atoms with Crippen molar-refractivity contribution in [3.05, 3.63) is 108 Å². The molecule has 5 rings (SSSR count). The first kappa shape index (κ1) is 18.3. The second kappa shape index (κ2) is 7.95. The first-order valence-corrected chi connectivity index (χ1v) is 10.0. The molecule has 0 unspecified atom stereocenters. The average molecular weight is 398 g/mol. The number of nitrogens with zero attached hydrogens (tertiary/aromatic N) is 1. The molecule has 2 N–H and O–H groups in total. The van der Waals surface area contributed by atoms with Crippen LogP contribution in [-0.4, -0.2) is 24.2 Å². The van der Waals surface area contributed by atoms with Crippen molar-refractivity contribution in [1.29, 1.82) is 0 Å². The Bertz CT molecular complexity index is 1080. The fourth-order valence-electron chi connectivity index (χ4n) is 3.75. The number of aromatic hydroxyl groups is 1. The summed E-state index contributed by atoms with van der Waals surface area (Å²) in [5.41, 5.74) is 3.92. The quantitative estimate of drug-likeness (QED) is 0.675. The topological polar surface area (TPSA) is 63.1 Å². The second-order valence-corrected chi connectivity index (χ2v) is 7.34. The monoisotopic (exact) mass is 398 g/mol. The van der Waals surface area contributed by atoms with E-state index < -0.39 is 0 Å². The van der Waals surface area contributed by atoms with Crippen LogP contribution in [0.2, 0.25) is 0 Å². The Morgan fingerprint density at radius 1 is 0.800 bits per heavy atom. The lowest BCUT2D eigenvalue weighted by Gasteiger charge is -2.12. The summed E-state index contributed by atoms with van der Waals surface area (Å²) in [6.07, 6.45) is 0. The summed E-state index contributed by atoms with van der Waals surface area (Å²) in [5.74, 6) is 1.40. The van der Waals surface area contributed by atoms with Crippen molar-refractivity contribution < 1.29 is 14.6 Å². The zero-order valence-electron chi connectivity index (χ0n) is 16.4. The first-order valence-electron chi connectivity index (χ1n) is 10.0. The van der Waals surface area contributed by atoms with E-state index in [1.54, 1.807) is 12.1 Å². The van der Waals surface area contributed by atoms with Gasteiger partial charge in [-0.15, -0.1) is 0 Å². The van der Waals surface area contributed by atoms with Gasteiger partial charge in [0.2, 0.25) is 11.8 Å². The van der Waals surface area contributed by atoms with Gasteiger partial charge in [-0.1, -0.05) is 72.8 Å². The van der Waals surface area contributed by atoms with Crippen LogP contribution in [0.1, 0.15) is 28.8 Å². The zero-order valence-corrected chi connectivity index (χ0v) is 16.4. The summed E-state index contributed by atoms with van der Waals surface area (Å²) in [4.78, 5) is 4.85. The maximum absolute atomic E-state index is 9.73. The maximum atomic E-state index is 9.73. The SMILES string of the molecule is Oc1ccc(/C(C2=N[C@H](c3ccccc3)CO2)=C2\N[C@H](c3ccccc3)CO2)cc1. The van der Waals surface area contributed by atoms with Crippen LogP contribution >= 0.6 is 0 Å². The Kier molecular flexibility index (Phi) is 4.85. The third-order valence-corrected chi connectivity index (χ3v) is 5.33. The molecule has 0 amide bonds. The summed E-state index contributed by atoms with van der Waals surface area (Å²) in [7, 11) is 0. The Morgan fingerprint density at radius 2 is 1.47 bits per heavy atom. The molecule has 5 heteroatoms. The highest BCUT2D eigenvalue weighted by Crippen LogP contribution is 2.33. The van der Waals surface area contributed by atoms with Gasteiger partial charge in [0.15, 0.2) is 0 Å². The number of phenolic OH excluding ortho intramolecular Hbond substituents is 1. The predicted octanol–water partition coefficient (Wildman–Crippen LogP) is 4.59. The number of hydrogen-bond acceptors (Lipinski definition) is 5. The number of aliphatic imine (C=N–C) groups is 1. The first-order chi connectivity index (χ1) is 14.8. The number of rotatable bonds is 4. The lowest BCUT2D eigenvalue weighted by atomic mass is 10.1. The molecule has 150 valence electrons. The second-order valence-electron chi connectivity index (χ2n) is 7.34. The number of hydrogen-bond donors (Lipinski definition) is 2. The highest BCUT2D eigenvalue weighted by molar-refractivity contribution is 6.20. The third kappa shape index (κ3) is 3.62. The van der Waals surface area contributed by atoms with Crippen molar-refractivity contribution >= 4 is 11.5 Å². The van der Waals surface area contributed by atoms with Crippen molar-refractivity contribution in [2.24, 2.45) is 4.99 Å². The van der Waals surface area contributed by atoms with E-state index in [2.05, 4.69) is 29.6 Å². The zero-order chi connectivity index (χ0) is 20.3. The van der Waals surface area contributed by atoms with Crippen molar-refractivity contribution in [3.8, 4) is 5.75 Å². The van der Waals surface area contributed by atoms with E-state index in [1.165, 1.54) is 0 Å². The van der Waals surface area contributed by atoms with E-state index in [0.29, 0.717) is 25.0 Å². The van der Waals surface area contributed by atoms with Crippen LogP contribution in [-0.2, 0) is 9.47 Å². The fourth-order valence-corrected chi connectivity index (χ4v) is 3.75. The molecule has 30 heavy (non-hydrogen) atoms. The molecule has 5 nitrogen and oxygen atoms in total. The Labute approximate surface area is 175 Å². The normalized spacial score (nSPS) is 21.9. The number of nitrogens with one attached hydrogen (secondary N) is 1. The third-order valence-electron chi connectivity index (χ3n) is 5.33. The predicted molar refractivity (Wildman–Crippen MR) is 116 cm³/mol. The van der Waals surface area contributed by atoms with Crippen LogP contribution in [0.4, 0.5) is 0 Å². The van der Waals surface area contributed by atoms with Crippen LogP contribution in [0.15, 0.2) is 95.8 Å². The molecule has 0 radical (unpaired) electrons. The lowest BCUT2D eigenvalue weighted by molar-refractivity contribution is 0.255. The largest absolute Gasteiger partial charge is 0.508 e. The van der Waals surface area contributed by atoms with Crippen LogP contribution in [0, 0.1) is 0 Å². The van der Waals surface area contributed by atoms with E-state index >= 15 is 0 Å². The van der Waals surface area contributed by atoms with E-state index in [9.17, 15) is 5.11 Å². The Balaban J connectivity index is 1.52. The van der Waals surface area contributed by atoms with Crippen molar-refractivity contribution in [2.45, 2.75) is 12.1 Å². The van der Waals surface area contributed by atoms with Crippen molar-refractivity contribution in [2.75, 3.05) is 13.2 Å². The van der Waals surface area contributed by atoms with Gasteiger partial charge in [0, 0.05) is 0 Å². The van der Waals surface area contributed by atoms with Crippen LogP contribution in [0.5, 0.6) is 5.75 Å². The minimum absolute atomic E-state index is 0.0553. The Hall–Kier alpha value is -3.73. The van der Waals surface area contributed by atoms with Gasteiger partial charge in [0.25, 0.3) is 0 Å². The van der Waals surface area contributed by atoms with Crippen LogP contribution in [0.25, 0.3) is 5.57 Å². The molecular formula is C25H22N2O3. The molecule has 2 atom stereocenters. The molecule has 2 heterocycles. The van der Waals surface area contributed by atoms with Crippen LogP contribution < -0.4 is 5.32 Å². The van der Waals surface area contributed by atoms with E-state index in [0.717, 1.165) is 22.3 Å². The molecule has 0 spiro atoms. The minimum atomic E-state index is -0.0553. The molecule has 0 aromatic heterocycles. The van der Waals surface area contributed by atoms with Gasteiger partial charge in [0.05, 0.1) is 6.04 Å². The van der Waals surface area contributed by atoms with E-state index in [-0.39, 0.29) is 17.8 Å². The molecule has 0 saturated carbocycles. The van der Waals surface area contributed by atoms with E-state index in [4.69, 9.17) is 14.5 Å². The van der Waals surface area contributed by atoms with Gasteiger partial charge in [-0.3, -0.25) is 0 Å². The fraction of sp³-hybridized carbons (Fsp3) is 0.160. The molecule has 3 aromatic carbocycles. The Morgan fingerprint density at radius 3 is 2.17 bits per heavy atom. The minimum Gasteiger partial charge on any atom is -0.508 e. The van der Waals surface area contributed by atoms with Crippen molar-refractivity contribution in [1.82, 2.24) is 5.32 Å². The average Bonchev–Trinajstić information content (AvgIpc) is 3.47. The molecule has 2 aliphatic heterocycles. The summed E-state index contributed by atoms with van der Waals surface area (Å²) < 4.78 is 12.1. The number of ether oxygens (including phenoxy) is 2. The molecule has 2 aliphatic rings. The maximum Gasteiger partial charge on any atom is 0.223 e. The van der Waals surface area contributed by atoms with Crippen LogP contribution in [0.3, 0.4) is 0 Å². The highest BCUT2D eigenvalue weighted by Gasteiger charge is 2.31. The van der Waals surface area contributed by atoms with Gasteiger partial charge < -0.3 is 19.9 Å². The van der Waals surface area contributed by atoms with Gasteiger partial charge in [-0.05, 0) is 28.8 Å². The van der Waals surface area contributed by atoms with Gasteiger partial charge in [0.1, 0.15) is 30.6 Å². The summed E-state index contributed by atoms with van der Waals surface area (Å²) in [5, 5.41) is 13.2. The number of benzene rings is 3.